The number of pyridine rings is 1. The van der Waals surface area contributed by atoms with Gasteiger partial charge in [0.25, 0.3) is 0 Å². The molecule has 0 radical (unpaired) electrons. The highest BCUT2D eigenvalue weighted by atomic mass is 16.5. The van der Waals surface area contributed by atoms with Crippen LogP contribution in [-0.4, -0.2) is 96.1 Å². The Hall–Kier alpha value is -2.03. The van der Waals surface area contributed by atoms with E-state index in [2.05, 4.69) is 45.6 Å². The van der Waals surface area contributed by atoms with Gasteiger partial charge in [0.15, 0.2) is 5.82 Å². The molecule has 2 aromatic rings. The van der Waals surface area contributed by atoms with Gasteiger partial charge in [0.2, 0.25) is 0 Å². The Morgan fingerprint density at radius 2 is 1.75 bits per heavy atom. The van der Waals surface area contributed by atoms with Crippen LogP contribution >= 0.6 is 0 Å². The minimum absolute atomic E-state index is 0.763. The molecule has 32 heavy (non-hydrogen) atoms. The van der Waals surface area contributed by atoms with Gasteiger partial charge in [-0.2, -0.15) is 0 Å². The Morgan fingerprint density at radius 3 is 2.53 bits per heavy atom. The van der Waals surface area contributed by atoms with E-state index < -0.39 is 0 Å². The quantitative estimate of drug-likeness (QED) is 0.497. The Bertz CT molecular complexity index is 826. The van der Waals surface area contributed by atoms with Crippen molar-refractivity contribution in [3.8, 4) is 11.5 Å². The number of hydrogen-bond donors (Lipinski definition) is 0. The Balaban J connectivity index is 1.41. The molecule has 176 valence electrons. The summed E-state index contributed by atoms with van der Waals surface area (Å²) in [6.07, 6.45) is 6.84. The van der Waals surface area contributed by atoms with E-state index in [1.807, 2.05) is 6.07 Å². The van der Waals surface area contributed by atoms with E-state index in [0.717, 1.165) is 101 Å². The Labute approximate surface area is 192 Å². The van der Waals surface area contributed by atoms with Crippen LogP contribution in [0.15, 0.2) is 18.2 Å². The molecule has 0 saturated carbocycles. The summed E-state index contributed by atoms with van der Waals surface area (Å²) >= 11 is 0. The average Bonchev–Trinajstić information content (AvgIpc) is 3.48. The number of aryl methyl sites for hydroxylation is 2. The van der Waals surface area contributed by atoms with E-state index in [-0.39, 0.29) is 0 Å². The van der Waals surface area contributed by atoms with E-state index in [4.69, 9.17) is 19.8 Å². The van der Waals surface area contributed by atoms with Crippen molar-refractivity contribution < 1.29 is 4.74 Å². The van der Waals surface area contributed by atoms with E-state index in [1.54, 1.807) is 0 Å². The summed E-state index contributed by atoms with van der Waals surface area (Å²) in [6.45, 7) is 9.14. The first kappa shape index (κ1) is 23.1. The normalized spacial score (nSPS) is 17.5. The van der Waals surface area contributed by atoms with Gasteiger partial charge >= 0.3 is 0 Å². The molecule has 0 amide bonds. The molecule has 2 aliphatic rings. The first-order chi connectivity index (χ1) is 15.7. The number of aromatic nitrogens is 4. The summed E-state index contributed by atoms with van der Waals surface area (Å²) in [5, 5.41) is 4.89. The van der Waals surface area contributed by atoms with Gasteiger partial charge < -0.3 is 14.5 Å². The standard InChI is InChI=1S/C24H39N7O/c1-28(2)12-8-16-31-23(10-3-4-13-29-17-19-32-20-18-29)26-24(27-31)21-9-7-11-22(25-21)30-14-5-6-15-30/h7,9,11H,3-6,8,10,12-20H2,1-2H3. The van der Waals surface area contributed by atoms with Crippen LogP contribution in [0, 0.1) is 0 Å². The van der Waals surface area contributed by atoms with Crippen LogP contribution in [0.25, 0.3) is 11.5 Å². The SMILES string of the molecule is CN(C)CCCn1nc(-c2cccc(N3CCCC3)n2)nc1CCCCN1CCOCC1. The number of anilines is 1. The highest BCUT2D eigenvalue weighted by Crippen LogP contribution is 2.22. The molecule has 0 unspecified atom stereocenters. The summed E-state index contributed by atoms with van der Waals surface area (Å²) in [4.78, 5) is 17.0. The van der Waals surface area contributed by atoms with Gasteiger partial charge in [-0.05, 0) is 71.4 Å². The third-order valence-electron chi connectivity index (χ3n) is 6.35. The zero-order chi connectivity index (χ0) is 22.2. The second-order valence-electron chi connectivity index (χ2n) is 9.22. The molecule has 2 saturated heterocycles. The maximum Gasteiger partial charge on any atom is 0.200 e. The molecule has 0 aromatic carbocycles. The molecule has 4 rings (SSSR count). The van der Waals surface area contributed by atoms with Crippen LogP contribution < -0.4 is 4.90 Å². The second-order valence-corrected chi connectivity index (χ2v) is 9.22. The molecular formula is C24H39N7O. The molecule has 0 spiro atoms. The maximum absolute atomic E-state index is 5.46. The van der Waals surface area contributed by atoms with Gasteiger partial charge in [-0.15, -0.1) is 5.10 Å². The Morgan fingerprint density at radius 1 is 0.938 bits per heavy atom. The predicted octanol–water partition coefficient (Wildman–Crippen LogP) is 2.55. The monoisotopic (exact) mass is 441 g/mol. The van der Waals surface area contributed by atoms with Crippen molar-refractivity contribution in [3.63, 3.8) is 0 Å². The lowest BCUT2D eigenvalue weighted by molar-refractivity contribution is 0.0372. The number of nitrogens with zero attached hydrogens (tertiary/aromatic N) is 7. The van der Waals surface area contributed by atoms with Crippen molar-refractivity contribution in [1.82, 2.24) is 29.5 Å². The fraction of sp³-hybridized carbons (Fsp3) is 0.708. The Kier molecular flexibility index (Phi) is 8.48. The van der Waals surface area contributed by atoms with Gasteiger partial charge in [0.05, 0.1) is 13.2 Å². The van der Waals surface area contributed by atoms with Crippen LogP contribution in [0.3, 0.4) is 0 Å². The highest BCUT2D eigenvalue weighted by Gasteiger charge is 2.17. The molecule has 4 heterocycles. The van der Waals surface area contributed by atoms with Gasteiger partial charge in [0, 0.05) is 39.1 Å². The first-order valence-corrected chi connectivity index (χ1v) is 12.3. The summed E-state index contributed by atoms with van der Waals surface area (Å²) in [7, 11) is 4.24. The fourth-order valence-corrected chi connectivity index (χ4v) is 4.50. The fourth-order valence-electron chi connectivity index (χ4n) is 4.50. The van der Waals surface area contributed by atoms with Crippen molar-refractivity contribution in [2.45, 2.75) is 45.1 Å². The molecule has 0 aliphatic carbocycles. The summed E-state index contributed by atoms with van der Waals surface area (Å²) in [5.41, 5.74) is 0.885. The number of unbranched alkanes of at least 4 members (excludes halogenated alkanes) is 1. The van der Waals surface area contributed by atoms with E-state index in [9.17, 15) is 0 Å². The minimum Gasteiger partial charge on any atom is -0.379 e. The molecule has 0 N–H and O–H groups in total. The smallest absolute Gasteiger partial charge is 0.200 e. The van der Waals surface area contributed by atoms with Gasteiger partial charge in [0.1, 0.15) is 17.3 Å². The average molecular weight is 442 g/mol. The number of morpholine rings is 1. The molecule has 0 bridgehead atoms. The first-order valence-electron chi connectivity index (χ1n) is 12.3. The highest BCUT2D eigenvalue weighted by molar-refractivity contribution is 5.54. The molecule has 8 heteroatoms. The van der Waals surface area contributed by atoms with Gasteiger partial charge in [-0.25, -0.2) is 14.6 Å². The van der Waals surface area contributed by atoms with Crippen LogP contribution in [0.5, 0.6) is 0 Å². The summed E-state index contributed by atoms with van der Waals surface area (Å²) in [6, 6.07) is 6.24. The lowest BCUT2D eigenvalue weighted by Crippen LogP contribution is -2.36. The topological polar surface area (TPSA) is 62.6 Å². The number of rotatable bonds is 11. The molecular weight excluding hydrogens is 402 g/mol. The van der Waals surface area contributed by atoms with Gasteiger partial charge in [-0.3, -0.25) is 4.90 Å². The van der Waals surface area contributed by atoms with Crippen molar-refractivity contribution in [1.29, 1.82) is 0 Å². The summed E-state index contributed by atoms with van der Waals surface area (Å²) < 4.78 is 7.58. The molecule has 2 aliphatic heterocycles. The van der Waals surface area contributed by atoms with Gasteiger partial charge in [-0.1, -0.05) is 6.07 Å². The van der Waals surface area contributed by atoms with Crippen molar-refractivity contribution in [2.75, 3.05) is 71.5 Å². The van der Waals surface area contributed by atoms with Crippen LogP contribution in [-0.2, 0) is 17.7 Å². The zero-order valence-electron chi connectivity index (χ0n) is 19.9. The molecule has 8 nitrogen and oxygen atoms in total. The third kappa shape index (κ3) is 6.49. The molecule has 2 fully saturated rings. The van der Waals surface area contributed by atoms with E-state index in [0.29, 0.717) is 0 Å². The van der Waals surface area contributed by atoms with E-state index in [1.165, 1.54) is 19.3 Å². The second kappa shape index (κ2) is 11.7. The number of ether oxygens (including phenoxy) is 1. The van der Waals surface area contributed by atoms with Crippen LogP contribution in [0.2, 0.25) is 0 Å². The zero-order valence-corrected chi connectivity index (χ0v) is 19.9. The minimum atomic E-state index is 0.763. The van der Waals surface area contributed by atoms with Crippen molar-refractivity contribution in [2.24, 2.45) is 0 Å². The maximum atomic E-state index is 5.46. The van der Waals surface area contributed by atoms with Crippen molar-refractivity contribution in [3.05, 3.63) is 24.0 Å². The predicted molar refractivity (Wildman–Crippen MR) is 128 cm³/mol. The van der Waals surface area contributed by atoms with Crippen LogP contribution in [0.1, 0.15) is 37.9 Å². The van der Waals surface area contributed by atoms with E-state index >= 15 is 0 Å². The lowest BCUT2D eigenvalue weighted by Gasteiger charge is -2.26. The number of hydrogen-bond acceptors (Lipinski definition) is 7. The third-order valence-corrected chi connectivity index (χ3v) is 6.35. The van der Waals surface area contributed by atoms with Crippen molar-refractivity contribution >= 4 is 5.82 Å². The lowest BCUT2D eigenvalue weighted by atomic mass is 10.2. The molecule has 2 aromatic heterocycles. The largest absolute Gasteiger partial charge is 0.379 e. The summed E-state index contributed by atoms with van der Waals surface area (Å²) in [5.74, 6) is 2.91. The van der Waals surface area contributed by atoms with Crippen LogP contribution in [0.4, 0.5) is 5.82 Å². The molecule has 0 atom stereocenters.